The Bertz CT molecular complexity index is 978. The molecule has 0 bridgehead atoms. The third kappa shape index (κ3) is 3.54. The molecule has 2 N–H and O–H groups in total. The maximum absolute atomic E-state index is 14.9. The van der Waals surface area contributed by atoms with Crippen LogP contribution in [0.4, 0.5) is 10.1 Å². The van der Waals surface area contributed by atoms with Crippen molar-refractivity contribution in [3.8, 4) is 5.75 Å². The number of benzene rings is 2. The molecule has 1 unspecified atom stereocenters. The fraction of sp³-hybridized carbons (Fsp3) is 0.318. The molecule has 2 aromatic carbocycles. The normalized spacial score (nSPS) is 12.2. The maximum Gasteiger partial charge on any atom is 0.224 e. The van der Waals surface area contributed by atoms with E-state index >= 15 is 0 Å². The van der Waals surface area contributed by atoms with E-state index in [0.29, 0.717) is 18.4 Å². The number of anilines is 1. The summed E-state index contributed by atoms with van der Waals surface area (Å²) >= 11 is 0. The molecule has 1 amide bonds. The fourth-order valence-corrected chi connectivity index (χ4v) is 3.48. The lowest BCUT2D eigenvalue weighted by Gasteiger charge is -2.19. The Morgan fingerprint density at radius 1 is 1.26 bits per heavy atom. The van der Waals surface area contributed by atoms with Crippen LogP contribution in [0.3, 0.4) is 0 Å². The fourth-order valence-electron chi connectivity index (χ4n) is 3.48. The van der Waals surface area contributed by atoms with Crippen LogP contribution in [-0.2, 0) is 4.79 Å². The number of amides is 1. The number of fused-ring (bicyclic) bond motifs is 1. The van der Waals surface area contributed by atoms with Crippen molar-refractivity contribution in [2.75, 3.05) is 12.4 Å². The first kappa shape index (κ1) is 19.0. The van der Waals surface area contributed by atoms with E-state index in [2.05, 4.69) is 10.3 Å². The van der Waals surface area contributed by atoms with Gasteiger partial charge in [0.15, 0.2) is 11.6 Å². The van der Waals surface area contributed by atoms with Gasteiger partial charge in [0.25, 0.3) is 0 Å². The number of methoxy groups -OCH3 is 1. The van der Waals surface area contributed by atoms with E-state index in [0.717, 1.165) is 27.8 Å². The molecule has 0 spiro atoms. The van der Waals surface area contributed by atoms with Gasteiger partial charge in [-0.2, -0.15) is 0 Å². The predicted octanol–water partition coefficient (Wildman–Crippen LogP) is 5.51. The van der Waals surface area contributed by atoms with Crippen molar-refractivity contribution in [1.82, 2.24) is 4.98 Å². The molecule has 4 nitrogen and oxygen atoms in total. The van der Waals surface area contributed by atoms with Crippen molar-refractivity contribution in [3.05, 3.63) is 59.0 Å². The summed E-state index contributed by atoms with van der Waals surface area (Å²) in [5, 5.41) is 3.96. The Labute approximate surface area is 158 Å². The zero-order chi connectivity index (χ0) is 19.6. The van der Waals surface area contributed by atoms with Gasteiger partial charge in [-0.3, -0.25) is 4.79 Å². The van der Waals surface area contributed by atoms with Crippen molar-refractivity contribution in [2.24, 2.45) is 0 Å². The van der Waals surface area contributed by atoms with Gasteiger partial charge >= 0.3 is 0 Å². The second-order valence-electron chi connectivity index (χ2n) is 6.69. The maximum atomic E-state index is 14.9. The third-order valence-electron chi connectivity index (χ3n) is 4.91. The lowest BCUT2D eigenvalue weighted by atomic mass is 9.91. The van der Waals surface area contributed by atoms with E-state index in [1.807, 2.05) is 39.0 Å². The highest BCUT2D eigenvalue weighted by Crippen LogP contribution is 2.40. The number of halogens is 1. The van der Waals surface area contributed by atoms with Crippen molar-refractivity contribution < 1.29 is 13.9 Å². The molecule has 1 atom stereocenters. The van der Waals surface area contributed by atoms with Gasteiger partial charge in [-0.15, -0.1) is 0 Å². The summed E-state index contributed by atoms with van der Waals surface area (Å²) in [5.41, 5.74) is 4.11. The number of H-pyrrole nitrogens is 1. The van der Waals surface area contributed by atoms with Gasteiger partial charge in [0.05, 0.1) is 12.8 Å². The summed E-state index contributed by atoms with van der Waals surface area (Å²) in [6.45, 7) is 5.83. The van der Waals surface area contributed by atoms with Crippen LogP contribution in [0.5, 0.6) is 5.75 Å². The number of ether oxygens (including phenoxy) is 1. The van der Waals surface area contributed by atoms with E-state index in [1.165, 1.54) is 7.11 Å². The van der Waals surface area contributed by atoms with Crippen LogP contribution >= 0.6 is 0 Å². The number of carbonyl (C=O) groups excluding carboxylic acids is 1. The molecular weight excluding hydrogens is 343 g/mol. The molecule has 27 heavy (non-hydrogen) atoms. The molecule has 0 aliphatic rings. The zero-order valence-corrected chi connectivity index (χ0v) is 16.2. The largest absolute Gasteiger partial charge is 0.494 e. The minimum atomic E-state index is -0.366. The second-order valence-corrected chi connectivity index (χ2v) is 6.69. The van der Waals surface area contributed by atoms with E-state index in [1.54, 1.807) is 18.2 Å². The highest BCUT2D eigenvalue weighted by Gasteiger charge is 2.25. The minimum absolute atomic E-state index is 0.0698. The molecule has 0 aliphatic heterocycles. The van der Waals surface area contributed by atoms with Crippen molar-refractivity contribution in [1.29, 1.82) is 0 Å². The Morgan fingerprint density at radius 2 is 2.04 bits per heavy atom. The average molecular weight is 368 g/mol. The van der Waals surface area contributed by atoms with Gasteiger partial charge in [-0.05, 0) is 31.5 Å². The number of hydrogen-bond donors (Lipinski definition) is 2. The van der Waals surface area contributed by atoms with Gasteiger partial charge in [0, 0.05) is 34.5 Å². The molecule has 0 radical (unpaired) electrons. The van der Waals surface area contributed by atoms with Gasteiger partial charge in [-0.25, -0.2) is 4.39 Å². The van der Waals surface area contributed by atoms with E-state index < -0.39 is 0 Å². The third-order valence-corrected chi connectivity index (χ3v) is 4.91. The summed E-state index contributed by atoms with van der Waals surface area (Å²) in [5.74, 6) is -0.453. The highest BCUT2D eigenvalue weighted by molar-refractivity contribution is 6.03. The van der Waals surface area contributed by atoms with Crippen LogP contribution in [0.25, 0.3) is 10.9 Å². The standard InChI is InChI=1S/C22H25FN2O2/c1-5-14(15-8-7-9-18(27-4)20(15)23)21-22(25-19(26)6-2)16-12-13(3)10-11-17(16)24-21/h7-12,14,24H,5-6H2,1-4H3,(H,25,26). The Kier molecular flexibility index (Phi) is 5.49. The summed E-state index contributed by atoms with van der Waals surface area (Å²) in [7, 11) is 1.46. The van der Waals surface area contributed by atoms with Crippen LogP contribution in [0.1, 0.15) is 49.4 Å². The minimum Gasteiger partial charge on any atom is -0.494 e. The number of aromatic amines is 1. The summed E-state index contributed by atoms with van der Waals surface area (Å²) in [6.07, 6.45) is 1.05. The Morgan fingerprint density at radius 3 is 2.70 bits per heavy atom. The molecule has 0 aliphatic carbocycles. The Balaban J connectivity index is 2.21. The number of rotatable bonds is 6. The van der Waals surface area contributed by atoms with Gasteiger partial charge in [0.2, 0.25) is 5.91 Å². The van der Waals surface area contributed by atoms with E-state index in [9.17, 15) is 9.18 Å². The van der Waals surface area contributed by atoms with Crippen LogP contribution < -0.4 is 10.1 Å². The summed E-state index contributed by atoms with van der Waals surface area (Å²) < 4.78 is 20.1. The smallest absolute Gasteiger partial charge is 0.224 e. The molecule has 5 heteroatoms. The van der Waals surface area contributed by atoms with Gasteiger partial charge < -0.3 is 15.0 Å². The van der Waals surface area contributed by atoms with E-state index in [-0.39, 0.29) is 23.4 Å². The van der Waals surface area contributed by atoms with Gasteiger partial charge in [0.1, 0.15) is 0 Å². The lowest BCUT2D eigenvalue weighted by Crippen LogP contribution is -2.13. The van der Waals surface area contributed by atoms with E-state index in [4.69, 9.17) is 4.74 Å². The zero-order valence-electron chi connectivity index (χ0n) is 16.2. The number of aryl methyl sites for hydroxylation is 1. The molecular formula is C22H25FN2O2. The summed E-state index contributed by atoms with van der Waals surface area (Å²) in [6, 6.07) is 11.2. The Hall–Kier alpha value is -2.82. The molecule has 1 heterocycles. The van der Waals surface area contributed by atoms with Crippen LogP contribution in [-0.4, -0.2) is 18.0 Å². The molecule has 142 valence electrons. The number of aromatic nitrogens is 1. The SMILES string of the molecule is CCC(=O)Nc1c(C(CC)c2cccc(OC)c2F)[nH]c2ccc(C)cc12. The van der Waals surface area contributed by atoms with Crippen LogP contribution in [0.15, 0.2) is 36.4 Å². The predicted molar refractivity (Wildman–Crippen MR) is 107 cm³/mol. The van der Waals surface area contributed by atoms with Gasteiger partial charge in [-0.1, -0.05) is 37.6 Å². The topological polar surface area (TPSA) is 54.1 Å². The van der Waals surface area contributed by atoms with Crippen molar-refractivity contribution >= 4 is 22.5 Å². The van der Waals surface area contributed by atoms with Crippen molar-refractivity contribution in [3.63, 3.8) is 0 Å². The number of hydrogen-bond acceptors (Lipinski definition) is 2. The van der Waals surface area contributed by atoms with Crippen molar-refractivity contribution in [2.45, 2.75) is 39.5 Å². The lowest BCUT2D eigenvalue weighted by molar-refractivity contribution is -0.115. The van der Waals surface area contributed by atoms with Crippen LogP contribution in [0.2, 0.25) is 0 Å². The monoisotopic (exact) mass is 368 g/mol. The molecule has 3 rings (SSSR count). The first-order valence-electron chi connectivity index (χ1n) is 9.24. The van der Waals surface area contributed by atoms with Crippen LogP contribution in [0, 0.1) is 12.7 Å². The molecule has 0 saturated carbocycles. The second kappa shape index (κ2) is 7.82. The number of carbonyl (C=O) groups is 1. The summed E-state index contributed by atoms with van der Waals surface area (Å²) in [4.78, 5) is 15.6. The number of nitrogens with one attached hydrogen (secondary N) is 2. The highest BCUT2D eigenvalue weighted by atomic mass is 19.1. The first-order valence-corrected chi connectivity index (χ1v) is 9.24. The molecule has 0 saturated heterocycles. The average Bonchev–Trinajstić information content (AvgIpc) is 3.01. The molecule has 1 aromatic heterocycles. The quantitative estimate of drug-likeness (QED) is 0.602. The first-order chi connectivity index (χ1) is 13.0. The molecule has 0 fully saturated rings. The molecule has 3 aromatic rings.